The maximum atomic E-state index is 13.7. The Hall–Kier alpha value is -4.55. The minimum absolute atomic E-state index is 0.155. The quantitative estimate of drug-likeness (QED) is 0.138. The van der Waals surface area contributed by atoms with Crippen molar-refractivity contribution in [2.45, 2.75) is 26.5 Å². The Kier molecular flexibility index (Phi) is 8.88. The van der Waals surface area contributed by atoms with Gasteiger partial charge in [-0.2, -0.15) is 0 Å². The van der Waals surface area contributed by atoms with Crippen molar-refractivity contribution in [2.24, 2.45) is 4.99 Å². The standard InChI is InChI=1S/C31H26BrN3O7S/c1-4-41-30(37)27-18(2)34-29(36)26(43-31(34)33-28(27)20-10-12-22(32)13-11-20)15-21-14-24(40-3)25(16-23(21)35(38)39)42-17-19-8-6-5-7-9-19/h5-16,28H,4,17H2,1-3H3/b26-15-/t28-/m0/s1. The Morgan fingerprint density at radius 2 is 1.86 bits per heavy atom. The van der Waals surface area contributed by atoms with Gasteiger partial charge in [0.05, 0.1) is 40.4 Å². The van der Waals surface area contributed by atoms with Gasteiger partial charge < -0.3 is 14.2 Å². The summed E-state index contributed by atoms with van der Waals surface area (Å²) in [6, 6.07) is 18.8. The number of hydrogen-bond donors (Lipinski definition) is 0. The van der Waals surface area contributed by atoms with Crippen LogP contribution in [-0.4, -0.2) is 29.2 Å². The topological polar surface area (TPSA) is 122 Å². The molecule has 1 aliphatic rings. The third-order valence-corrected chi connectivity index (χ3v) is 8.27. The summed E-state index contributed by atoms with van der Waals surface area (Å²) >= 11 is 4.50. The first-order valence-electron chi connectivity index (χ1n) is 13.2. The second-order valence-corrected chi connectivity index (χ2v) is 11.4. The number of carbonyl (C=O) groups excluding carboxylic acids is 1. The molecule has 43 heavy (non-hydrogen) atoms. The van der Waals surface area contributed by atoms with Crippen molar-refractivity contribution in [3.63, 3.8) is 0 Å². The van der Waals surface area contributed by atoms with Crippen LogP contribution >= 0.6 is 27.3 Å². The van der Waals surface area contributed by atoms with Crippen molar-refractivity contribution < 1.29 is 23.9 Å². The van der Waals surface area contributed by atoms with E-state index < -0.39 is 22.5 Å². The molecule has 3 aromatic carbocycles. The van der Waals surface area contributed by atoms with Crippen LogP contribution in [0.15, 0.2) is 86.6 Å². The second kappa shape index (κ2) is 12.8. The lowest BCUT2D eigenvalue weighted by Crippen LogP contribution is -2.35. The number of methoxy groups -OCH3 is 1. The van der Waals surface area contributed by atoms with Crippen molar-refractivity contribution in [1.82, 2.24) is 4.57 Å². The van der Waals surface area contributed by atoms with Crippen LogP contribution in [-0.2, 0) is 16.1 Å². The molecule has 0 fully saturated rings. The van der Waals surface area contributed by atoms with Gasteiger partial charge in [0.25, 0.3) is 11.2 Å². The van der Waals surface area contributed by atoms with Crippen molar-refractivity contribution >= 4 is 50.7 Å². The molecule has 0 bridgehead atoms. The van der Waals surface area contributed by atoms with Gasteiger partial charge in [0.1, 0.15) is 12.6 Å². The number of esters is 1. The normalized spacial score (nSPS) is 14.6. The molecule has 5 rings (SSSR count). The molecule has 1 aliphatic heterocycles. The summed E-state index contributed by atoms with van der Waals surface area (Å²) < 4.78 is 19.1. The zero-order chi connectivity index (χ0) is 30.7. The number of thiazole rings is 1. The van der Waals surface area contributed by atoms with Gasteiger partial charge in [-0.1, -0.05) is 69.7 Å². The fourth-order valence-corrected chi connectivity index (χ4v) is 5.99. The van der Waals surface area contributed by atoms with E-state index in [1.165, 1.54) is 29.9 Å². The number of rotatable bonds is 9. The smallest absolute Gasteiger partial charge is 0.338 e. The fraction of sp³-hybridized carbons (Fsp3) is 0.194. The summed E-state index contributed by atoms with van der Waals surface area (Å²) in [5.41, 5.74) is 1.69. The van der Waals surface area contributed by atoms with Gasteiger partial charge in [-0.25, -0.2) is 9.79 Å². The largest absolute Gasteiger partial charge is 0.493 e. The molecule has 12 heteroatoms. The number of halogens is 1. The lowest BCUT2D eigenvalue weighted by Gasteiger charge is -2.22. The van der Waals surface area contributed by atoms with Crippen LogP contribution in [0.4, 0.5) is 5.69 Å². The van der Waals surface area contributed by atoms with Gasteiger partial charge in [0.15, 0.2) is 16.3 Å². The predicted molar refractivity (Wildman–Crippen MR) is 166 cm³/mol. The van der Waals surface area contributed by atoms with Gasteiger partial charge in [-0.15, -0.1) is 0 Å². The minimum atomic E-state index is -0.700. The van der Waals surface area contributed by atoms with Gasteiger partial charge in [0, 0.05) is 10.2 Å². The number of nitro benzene ring substituents is 1. The van der Waals surface area contributed by atoms with Gasteiger partial charge in [-0.3, -0.25) is 19.5 Å². The number of fused-ring (bicyclic) bond motifs is 1. The number of ether oxygens (including phenoxy) is 3. The maximum Gasteiger partial charge on any atom is 0.338 e. The molecule has 220 valence electrons. The highest BCUT2D eigenvalue weighted by atomic mass is 79.9. The zero-order valence-corrected chi connectivity index (χ0v) is 25.8. The highest BCUT2D eigenvalue weighted by Gasteiger charge is 2.31. The van der Waals surface area contributed by atoms with Crippen molar-refractivity contribution in [2.75, 3.05) is 13.7 Å². The second-order valence-electron chi connectivity index (χ2n) is 9.43. The van der Waals surface area contributed by atoms with E-state index in [4.69, 9.17) is 19.2 Å². The molecular weight excluding hydrogens is 638 g/mol. The molecule has 10 nitrogen and oxygen atoms in total. The summed E-state index contributed by atoms with van der Waals surface area (Å²) in [7, 11) is 1.44. The predicted octanol–water partition coefficient (Wildman–Crippen LogP) is 5.17. The van der Waals surface area contributed by atoms with Crippen LogP contribution in [0.2, 0.25) is 0 Å². The Morgan fingerprint density at radius 1 is 1.14 bits per heavy atom. The van der Waals surface area contributed by atoms with Crippen LogP contribution in [0.25, 0.3) is 11.8 Å². The molecule has 0 unspecified atom stereocenters. The number of nitrogens with zero attached hydrogens (tertiary/aromatic N) is 3. The average molecular weight is 665 g/mol. The van der Waals surface area contributed by atoms with E-state index >= 15 is 0 Å². The summed E-state index contributed by atoms with van der Waals surface area (Å²) in [6.07, 6.45) is 1.43. The molecule has 4 aromatic rings. The average Bonchev–Trinajstić information content (AvgIpc) is 3.31. The molecule has 0 radical (unpaired) electrons. The summed E-state index contributed by atoms with van der Waals surface area (Å²) in [6.45, 7) is 3.71. The zero-order valence-electron chi connectivity index (χ0n) is 23.4. The van der Waals surface area contributed by atoms with Gasteiger partial charge in [0.2, 0.25) is 0 Å². The molecule has 0 N–H and O–H groups in total. The van der Waals surface area contributed by atoms with Crippen molar-refractivity contribution in [3.8, 4) is 11.5 Å². The number of hydrogen-bond acceptors (Lipinski definition) is 9. The molecule has 1 aromatic heterocycles. The molecule has 2 heterocycles. The molecule has 0 saturated heterocycles. The maximum absolute atomic E-state index is 13.7. The first-order valence-corrected chi connectivity index (χ1v) is 14.8. The minimum Gasteiger partial charge on any atom is -0.493 e. The molecular formula is C31H26BrN3O7S. The number of aromatic nitrogens is 1. The van der Waals surface area contributed by atoms with Gasteiger partial charge in [-0.05, 0) is 49.2 Å². The van der Waals surface area contributed by atoms with E-state index in [0.29, 0.717) is 10.5 Å². The van der Waals surface area contributed by atoms with Crippen LogP contribution in [0.1, 0.15) is 36.6 Å². The van der Waals surface area contributed by atoms with Crippen molar-refractivity contribution in [3.05, 3.63) is 123 Å². The van der Waals surface area contributed by atoms with Crippen LogP contribution in [0.5, 0.6) is 11.5 Å². The van der Waals surface area contributed by atoms with Crippen LogP contribution < -0.4 is 24.4 Å². The van der Waals surface area contributed by atoms with Gasteiger partial charge >= 0.3 is 5.97 Å². The number of benzene rings is 3. The lowest BCUT2D eigenvalue weighted by molar-refractivity contribution is -0.385. The molecule has 1 atom stereocenters. The van der Waals surface area contributed by atoms with Crippen LogP contribution in [0.3, 0.4) is 0 Å². The molecule has 0 spiro atoms. The first kappa shape index (κ1) is 29.9. The van der Waals surface area contributed by atoms with E-state index in [0.717, 1.165) is 26.9 Å². The lowest BCUT2D eigenvalue weighted by atomic mass is 9.97. The summed E-state index contributed by atoms with van der Waals surface area (Å²) in [5, 5.41) is 12.1. The Morgan fingerprint density at radius 3 is 2.51 bits per heavy atom. The van der Waals surface area contributed by atoms with E-state index in [9.17, 15) is 19.7 Å². The SMILES string of the molecule is CCOC(=O)C1=C(C)n2c(s/c(=C\c3cc(OC)c(OCc4ccccc4)cc3[N+](=O)[O-])c2=O)=N[C@H]1c1ccc(Br)cc1. The Labute approximate surface area is 258 Å². The highest BCUT2D eigenvalue weighted by molar-refractivity contribution is 9.10. The summed E-state index contributed by atoms with van der Waals surface area (Å²) in [5.74, 6) is -0.102. The van der Waals surface area contributed by atoms with Crippen LogP contribution in [0, 0.1) is 10.1 Å². The Bertz CT molecular complexity index is 1920. The monoisotopic (exact) mass is 663 g/mol. The molecule has 0 saturated carbocycles. The number of carbonyl (C=O) groups is 1. The molecule has 0 amide bonds. The summed E-state index contributed by atoms with van der Waals surface area (Å²) in [4.78, 5) is 43.4. The third-order valence-electron chi connectivity index (χ3n) is 6.76. The highest BCUT2D eigenvalue weighted by Crippen LogP contribution is 2.36. The third kappa shape index (κ3) is 6.15. The van der Waals surface area contributed by atoms with Crippen molar-refractivity contribution in [1.29, 1.82) is 0 Å². The van der Waals surface area contributed by atoms with E-state index in [1.54, 1.807) is 13.8 Å². The number of nitro groups is 1. The molecule has 0 aliphatic carbocycles. The van der Waals surface area contributed by atoms with E-state index in [2.05, 4.69) is 15.9 Å². The number of allylic oxidation sites excluding steroid dienone is 1. The van der Waals surface area contributed by atoms with E-state index in [-0.39, 0.29) is 46.1 Å². The first-order chi connectivity index (χ1) is 20.7. The van der Waals surface area contributed by atoms with E-state index in [1.807, 2.05) is 54.6 Å². The Balaban J connectivity index is 1.64. The fourth-order valence-electron chi connectivity index (χ4n) is 4.69.